The molecule has 0 spiro atoms. The number of hydrogen-bond acceptors (Lipinski definition) is 6. The Hall–Kier alpha value is -3.16. The van der Waals surface area contributed by atoms with Gasteiger partial charge >= 0.3 is 6.09 Å². The SMILES string of the molecule is CC(=O)Nc1ccnnc1OC1CCN(C(=O)OC(C)(C)C)CC1.c1ccccc1. The summed E-state index contributed by atoms with van der Waals surface area (Å²) in [5, 5.41) is 10.4. The van der Waals surface area contributed by atoms with Gasteiger partial charge in [0.1, 0.15) is 17.4 Å². The molecule has 0 aliphatic carbocycles. The number of nitrogens with one attached hydrogen (secondary N) is 1. The van der Waals surface area contributed by atoms with E-state index < -0.39 is 5.60 Å². The first-order chi connectivity index (χ1) is 14.2. The van der Waals surface area contributed by atoms with E-state index >= 15 is 0 Å². The van der Waals surface area contributed by atoms with E-state index in [1.54, 1.807) is 11.0 Å². The van der Waals surface area contributed by atoms with E-state index in [4.69, 9.17) is 9.47 Å². The van der Waals surface area contributed by atoms with Crippen molar-refractivity contribution in [1.82, 2.24) is 15.1 Å². The summed E-state index contributed by atoms with van der Waals surface area (Å²) < 4.78 is 11.2. The van der Waals surface area contributed by atoms with Crippen LogP contribution in [0.5, 0.6) is 5.88 Å². The van der Waals surface area contributed by atoms with E-state index in [0.717, 1.165) is 0 Å². The Morgan fingerprint density at radius 2 is 1.63 bits per heavy atom. The standard InChI is InChI=1S/C16H24N4O4.C6H6/c1-11(21)18-13-5-8-17-19-14(13)23-12-6-9-20(10-7-12)15(22)24-16(2,3)4;1-2-4-6-5-3-1/h5,8,12H,6-7,9-10H2,1-4H3,(H,17,18,21);1-6H. The van der Waals surface area contributed by atoms with Crippen LogP contribution in [0.25, 0.3) is 0 Å². The number of hydrogen-bond donors (Lipinski definition) is 1. The second-order valence-corrected chi connectivity index (χ2v) is 7.87. The van der Waals surface area contributed by atoms with Gasteiger partial charge in [-0.15, -0.1) is 5.10 Å². The van der Waals surface area contributed by atoms with Crippen molar-refractivity contribution in [3.05, 3.63) is 48.7 Å². The van der Waals surface area contributed by atoms with Crippen molar-refractivity contribution in [3.63, 3.8) is 0 Å². The lowest BCUT2D eigenvalue weighted by Crippen LogP contribution is -2.44. The molecular formula is C22H30N4O4. The number of aromatic nitrogens is 2. The molecule has 0 saturated carbocycles. The van der Waals surface area contributed by atoms with E-state index in [2.05, 4.69) is 15.5 Å². The summed E-state index contributed by atoms with van der Waals surface area (Å²) in [5.41, 5.74) is -0.01000. The Kier molecular flexibility index (Phi) is 8.58. The predicted octanol–water partition coefficient (Wildman–Crippen LogP) is 3.90. The van der Waals surface area contributed by atoms with Crippen molar-refractivity contribution < 1.29 is 19.1 Å². The Labute approximate surface area is 177 Å². The zero-order valence-electron chi connectivity index (χ0n) is 18.0. The van der Waals surface area contributed by atoms with Crippen LogP contribution in [0.2, 0.25) is 0 Å². The third-order valence-corrected chi connectivity index (χ3v) is 4.04. The zero-order chi connectivity index (χ0) is 22.0. The maximum atomic E-state index is 12.0. The molecule has 0 radical (unpaired) electrons. The van der Waals surface area contributed by atoms with Gasteiger partial charge in [-0.05, 0) is 26.8 Å². The number of amides is 2. The molecule has 1 aliphatic heterocycles. The third kappa shape index (κ3) is 8.46. The molecule has 1 aromatic heterocycles. The molecule has 8 nitrogen and oxygen atoms in total. The number of likely N-dealkylation sites (tertiary alicyclic amines) is 1. The molecule has 1 aliphatic rings. The number of carbonyl (C=O) groups is 2. The summed E-state index contributed by atoms with van der Waals surface area (Å²) in [6.45, 7) is 8.06. The smallest absolute Gasteiger partial charge is 0.410 e. The fraction of sp³-hybridized carbons (Fsp3) is 0.455. The van der Waals surface area contributed by atoms with Gasteiger partial charge in [-0.3, -0.25) is 4.79 Å². The van der Waals surface area contributed by atoms with Gasteiger partial charge in [-0.2, -0.15) is 5.10 Å². The number of anilines is 1. The fourth-order valence-electron chi connectivity index (χ4n) is 2.72. The lowest BCUT2D eigenvalue weighted by molar-refractivity contribution is -0.114. The molecule has 0 bridgehead atoms. The number of ether oxygens (including phenoxy) is 2. The highest BCUT2D eigenvalue weighted by Crippen LogP contribution is 2.24. The molecule has 0 atom stereocenters. The maximum Gasteiger partial charge on any atom is 0.410 e. The first-order valence-corrected chi connectivity index (χ1v) is 9.98. The highest BCUT2D eigenvalue weighted by Gasteiger charge is 2.28. The monoisotopic (exact) mass is 414 g/mol. The Balaban J connectivity index is 0.000000456. The van der Waals surface area contributed by atoms with Gasteiger partial charge in [0, 0.05) is 32.9 Å². The predicted molar refractivity (Wildman–Crippen MR) is 114 cm³/mol. The molecule has 1 fully saturated rings. The van der Waals surface area contributed by atoms with Crippen LogP contribution in [0.3, 0.4) is 0 Å². The van der Waals surface area contributed by atoms with E-state index in [9.17, 15) is 9.59 Å². The van der Waals surface area contributed by atoms with Crippen LogP contribution in [-0.4, -0.2) is 51.9 Å². The van der Waals surface area contributed by atoms with Crippen LogP contribution >= 0.6 is 0 Å². The van der Waals surface area contributed by atoms with Gasteiger partial charge in [0.15, 0.2) is 0 Å². The summed E-state index contributed by atoms with van der Waals surface area (Å²) in [5.74, 6) is 0.0935. The molecule has 1 N–H and O–H groups in total. The molecule has 1 saturated heterocycles. The van der Waals surface area contributed by atoms with Gasteiger partial charge < -0.3 is 19.7 Å². The van der Waals surface area contributed by atoms with Crippen LogP contribution in [0.4, 0.5) is 10.5 Å². The third-order valence-electron chi connectivity index (χ3n) is 4.04. The molecule has 2 aromatic rings. The number of carbonyl (C=O) groups excluding carboxylic acids is 2. The van der Waals surface area contributed by atoms with Gasteiger partial charge in [0.2, 0.25) is 5.91 Å². The van der Waals surface area contributed by atoms with Crippen LogP contribution < -0.4 is 10.1 Å². The van der Waals surface area contributed by atoms with Gasteiger partial charge in [-0.1, -0.05) is 36.4 Å². The second kappa shape index (κ2) is 11.1. The van der Waals surface area contributed by atoms with Crippen LogP contribution in [-0.2, 0) is 9.53 Å². The molecule has 30 heavy (non-hydrogen) atoms. The molecule has 3 rings (SSSR count). The summed E-state index contributed by atoms with van der Waals surface area (Å²) >= 11 is 0. The Bertz CT molecular complexity index is 774. The summed E-state index contributed by atoms with van der Waals surface area (Å²) in [6, 6.07) is 13.6. The van der Waals surface area contributed by atoms with E-state index in [1.165, 1.54) is 13.1 Å². The first-order valence-electron chi connectivity index (χ1n) is 9.98. The van der Waals surface area contributed by atoms with Crippen LogP contribution in [0, 0.1) is 0 Å². The topological polar surface area (TPSA) is 93.6 Å². The van der Waals surface area contributed by atoms with Crippen LogP contribution in [0.1, 0.15) is 40.5 Å². The first kappa shape index (κ1) is 23.1. The second-order valence-electron chi connectivity index (χ2n) is 7.87. The lowest BCUT2D eigenvalue weighted by atomic mass is 10.1. The van der Waals surface area contributed by atoms with Crippen molar-refractivity contribution in [2.75, 3.05) is 18.4 Å². The molecule has 0 unspecified atom stereocenters. The molecule has 8 heteroatoms. The Morgan fingerprint density at radius 3 is 2.13 bits per heavy atom. The van der Waals surface area contributed by atoms with Crippen molar-refractivity contribution in [1.29, 1.82) is 0 Å². The molecule has 2 heterocycles. The Morgan fingerprint density at radius 1 is 1.07 bits per heavy atom. The molecule has 2 amide bonds. The minimum absolute atomic E-state index is 0.0899. The molecule has 1 aromatic carbocycles. The van der Waals surface area contributed by atoms with Crippen molar-refractivity contribution in [2.45, 2.75) is 52.2 Å². The van der Waals surface area contributed by atoms with Crippen molar-refractivity contribution in [3.8, 4) is 5.88 Å². The average Bonchev–Trinajstić information content (AvgIpc) is 2.70. The highest BCUT2D eigenvalue weighted by molar-refractivity contribution is 5.89. The van der Waals surface area contributed by atoms with E-state index in [0.29, 0.717) is 37.5 Å². The minimum atomic E-state index is -0.503. The van der Waals surface area contributed by atoms with Crippen LogP contribution in [0.15, 0.2) is 48.7 Å². The maximum absolute atomic E-state index is 12.0. The molecule has 162 valence electrons. The quantitative estimate of drug-likeness (QED) is 0.819. The van der Waals surface area contributed by atoms with Gasteiger partial charge in [0.05, 0.1) is 6.20 Å². The average molecular weight is 415 g/mol. The number of benzene rings is 1. The van der Waals surface area contributed by atoms with E-state index in [1.807, 2.05) is 57.2 Å². The molecular weight excluding hydrogens is 384 g/mol. The van der Waals surface area contributed by atoms with Crippen molar-refractivity contribution in [2.24, 2.45) is 0 Å². The van der Waals surface area contributed by atoms with Gasteiger partial charge in [0.25, 0.3) is 5.88 Å². The summed E-state index contributed by atoms with van der Waals surface area (Å²) in [6.07, 6.45) is 2.42. The fourth-order valence-corrected chi connectivity index (χ4v) is 2.72. The number of rotatable bonds is 3. The number of piperidine rings is 1. The van der Waals surface area contributed by atoms with Crippen molar-refractivity contribution >= 4 is 17.7 Å². The number of nitrogens with zero attached hydrogens (tertiary/aromatic N) is 3. The summed E-state index contributed by atoms with van der Waals surface area (Å²) in [7, 11) is 0. The largest absolute Gasteiger partial charge is 0.472 e. The zero-order valence-corrected chi connectivity index (χ0v) is 18.0. The highest BCUT2D eigenvalue weighted by atomic mass is 16.6. The van der Waals surface area contributed by atoms with E-state index in [-0.39, 0.29) is 18.1 Å². The minimum Gasteiger partial charge on any atom is -0.472 e. The normalized spacial score (nSPS) is 14.2. The summed E-state index contributed by atoms with van der Waals surface area (Å²) in [4.78, 5) is 24.9. The lowest BCUT2D eigenvalue weighted by Gasteiger charge is -2.33. The van der Waals surface area contributed by atoms with Gasteiger partial charge in [-0.25, -0.2) is 4.79 Å².